The molecule has 0 saturated heterocycles. The van der Waals surface area contributed by atoms with E-state index in [0.29, 0.717) is 17.8 Å². The first kappa shape index (κ1) is 20.0. The molecular formula is C22H34O3. The molecule has 0 aliphatic heterocycles. The Balaban J connectivity index is 2.24. The third-order valence-corrected chi connectivity index (χ3v) is 5.00. The molecule has 1 unspecified atom stereocenters. The molecule has 1 aromatic carbocycles. The molecule has 0 heterocycles. The number of carbonyl (C=O) groups is 1. The summed E-state index contributed by atoms with van der Waals surface area (Å²) in [5, 5.41) is 0. The smallest absolute Gasteiger partial charge is 0.340 e. The van der Waals surface area contributed by atoms with Crippen LogP contribution in [0.2, 0.25) is 0 Å². The molecule has 0 bridgehead atoms. The topological polar surface area (TPSA) is 35.5 Å². The number of rotatable bonds is 5. The predicted molar refractivity (Wildman–Crippen MR) is 101 cm³/mol. The van der Waals surface area contributed by atoms with E-state index in [4.69, 9.17) is 9.47 Å². The molecule has 1 aliphatic rings. The van der Waals surface area contributed by atoms with Crippen molar-refractivity contribution >= 4 is 5.97 Å². The summed E-state index contributed by atoms with van der Waals surface area (Å²) in [6.07, 6.45) is 2.86. The van der Waals surface area contributed by atoms with Gasteiger partial charge < -0.3 is 9.47 Å². The van der Waals surface area contributed by atoms with E-state index >= 15 is 0 Å². The quantitative estimate of drug-likeness (QED) is 0.656. The van der Waals surface area contributed by atoms with Crippen molar-refractivity contribution in [2.75, 3.05) is 0 Å². The Morgan fingerprint density at radius 2 is 1.76 bits per heavy atom. The Bertz CT molecular complexity index is 544. The molecule has 1 fully saturated rings. The third kappa shape index (κ3) is 5.85. The van der Waals surface area contributed by atoms with Crippen LogP contribution < -0.4 is 0 Å². The van der Waals surface area contributed by atoms with Gasteiger partial charge in [0.1, 0.15) is 5.60 Å². The minimum Gasteiger partial charge on any atom is -0.458 e. The maximum Gasteiger partial charge on any atom is 0.340 e. The van der Waals surface area contributed by atoms with Gasteiger partial charge in [0.15, 0.2) is 6.10 Å². The van der Waals surface area contributed by atoms with Crippen molar-refractivity contribution < 1.29 is 14.3 Å². The number of benzene rings is 1. The van der Waals surface area contributed by atoms with Crippen molar-refractivity contribution in [2.45, 2.75) is 78.6 Å². The second-order valence-corrected chi connectivity index (χ2v) is 8.82. The molecule has 0 N–H and O–H groups in total. The van der Waals surface area contributed by atoms with Gasteiger partial charge in [0.05, 0.1) is 6.10 Å². The molecule has 3 nitrogen and oxygen atoms in total. The van der Waals surface area contributed by atoms with Crippen molar-refractivity contribution in [3.8, 4) is 0 Å². The van der Waals surface area contributed by atoms with Crippen LogP contribution in [0.5, 0.6) is 0 Å². The minimum absolute atomic E-state index is 0.0986. The highest BCUT2D eigenvalue weighted by Gasteiger charge is 2.36. The summed E-state index contributed by atoms with van der Waals surface area (Å²) in [6.45, 7) is 12.5. The number of carbonyl (C=O) groups excluding carboxylic acids is 1. The van der Waals surface area contributed by atoms with Crippen LogP contribution in [0.3, 0.4) is 0 Å². The summed E-state index contributed by atoms with van der Waals surface area (Å²) >= 11 is 0. The van der Waals surface area contributed by atoms with Crippen LogP contribution in [-0.2, 0) is 14.3 Å². The first-order valence-corrected chi connectivity index (χ1v) is 9.60. The maximum atomic E-state index is 12.8. The zero-order chi connectivity index (χ0) is 18.6. The fourth-order valence-corrected chi connectivity index (χ4v) is 3.70. The lowest BCUT2D eigenvalue weighted by atomic mass is 9.75. The Hall–Kier alpha value is -1.35. The largest absolute Gasteiger partial charge is 0.458 e. The van der Waals surface area contributed by atoms with Gasteiger partial charge >= 0.3 is 5.97 Å². The molecule has 0 aromatic heterocycles. The van der Waals surface area contributed by atoms with Crippen molar-refractivity contribution in [3.05, 3.63) is 35.9 Å². The zero-order valence-corrected chi connectivity index (χ0v) is 16.6. The zero-order valence-electron chi connectivity index (χ0n) is 16.6. The molecule has 1 aromatic rings. The predicted octanol–water partition coefficient (Wildman–Crippen LogP) is 5.55. The van der Waals surface area contributed by atoms with Crippen molar-refractivity contribution in [1.29, 1.82) is 0 Å². The van der Waals surface area contributed by atoms with Crippen LogP contribution in [0.25, 0.3) is 0 Å². The molecule has 3 heteroatoms. The first-order chi connectivity index (χ1) is 11.7. The highest BCUT2D eigenvalue weighted by Crippen LogP contribution is 2.38. The van der Waals surface area contributed by atoms with Gasteiger partial charge in [-0.3, -0.25) is 0 Å². The minimum atomic E-state index is -0.656. The van der Waals surface area contributed by atoms with Crippen LogP contribution in [0.4, 0.5) is 0 Å². The molecule has 25 heavy (non-hydrogen) atoms. The lowest BCUT2D eigenvalue weighted by molar-refractivity contribution is -0.178. The van der Waals surface area contributed by atoms with E-state index in [1.165, 1.54) is 12.8 Å². The molecule has 0 spiro atoms. The van der Waals surface area contributed by atoms with E-state index in [2.05, 4.69) is 20.8 Å². The van der Waals surface area contributed by atoms with Gasteiger partial charge in [-0.2, -0.15) is 0 Å². The number of hydrogen-bond acceptors (Lipinski definition) is 3. The number of esters is 1. The van der Waals surface area contributed by atoms with Crippen LogP contribution >= 0.6 is 0 Å². The normalized spacial score (nSPS) is 25.6. The van der Waals surface area contributed by atoms with E-state index in [1.807, 2.05) is 51.1 Å². The molecule has 140 valence electrons. The summed E-state index contributed by atoms with van der Waals surface area (Å²) in [7, 11) is 0. The van der Waals surface area contributed by atoms with Gasteiger partial charge in [-0.05, 0) is 56.9 Å². The SMILES string of the molecule is CC(C)[C@@H]1CC[C@@H](C)C[C@H]1OC(C(=O)OC(C)(C)C)c1ccccc1. The average Bonchev–Trinajstić information content (AvgIpc) is 2.51. The Kier molecular flexibility index (Phi) is 6.67. The maximum absolute atomic E-state index is 12.8. The fraction of sp³-hybridized carbons (Fsp3) is 0.682. The van der Waals surface area contributed by atoms with Gasteiger partial charge in [0.25, 0.3) is 0 Å². The lowest BCUT2D eigenvalue weighted by Gasteiger charge is -2.39. The van der Waals surface area contributed by atoms with Gasteiger partial charge in [-0.15, -0.1) is 0 Å². The van der Waals surface area contributed by atoms with Crippen LogP contribution in [0, 0.1) is 17.8 Å². The fourth-order valence-electron chi connectivity index (χ4n) is 3.70. The lowest BCUT2D eigenvalue weighted by Crippen LogP contribution is -2.38. The summed E-state index contributed by atoms with van der Waals surface area (Å²) in [6, 6.07) is 9.74. The molecule has 4 atom stereocenters. The van der Waals surface area contributed by atoms with Crippen LogP contribution in [0.1, 0.15) is 72.5 Å². The molecule has 2 rings (SSSR count). The second kappa shape index (κ2) is 8.35. The molecule has 1 aliphatic carbocycles. The van der Waals surface area contributed by atoms with Crippen LogP contribution in [0.15, 0.2) is 30.3 Å². The van der Waals surface area contributed by atoms with Crippen LogP contribution in [-0.4, -0.2) is 17.7 Å². The average molecular weight is 347 g/mol. The van der Waals surface area contributed by atoms with Gasteiger partial charge in [0.2, 0.25) is 0 Å². The van der Waals surface area contributed by atoms with E-state index in [9.17, 15) is 4.79 Å². The molecule has 0 amide bonds. The van der Waals surface area contributed by atoms with Crippen molar-refractivity contribution in [1.82, 2.24) is 0 Å². The van der Waals surface area contributed by atoms with Crippen molar-refractivity contribution in [3.63, 3.8) is 0 Å². The monoisotopic (exact) mass is 346 g/mol. The standard InChI is InChI=1S/C22H34O3/c1-15(2)18-13-12-16(3)14-19(18)24-20(17-10-8-7-9-11-17)21(23)25-22(4,5)6/h7-11,15-16,18-20H,12-14H2,1-6H3/t16-,18+,19-,20?/m1/s1. The van der Waals surface area contributed by atoms with E-state index < -0.39 is 11.7 Å². The highest BCUT2D eigenvalue weighted by molar-refractivity contribution is 5.77. The summed E-state index contributed by atoms with van der Waals surface area (Å²) in [4.78, 5) is 12.8. The Labute approximate surface area is 153 Å². The third-order valence-electron chi connectivity index (χ3n) is 5.00. The summed E-state index contributed by atoms with van der Waals surface area (Å²) in [5.74, 6) is 1.38. The summed E-state index contributed by atoms with van der Waals surface area (Å²) < 4.78 is 12.1. The molecule has 1 saturated carbocycles. The first-order valence-electron chi connectivity index (χ1n) is 9.60. The van der Waals surface area contributed by atoms with E-state index in [0.717, 1.165) is 12.0 Å². The van der Waals surface area contributed by atoms with E-state index in [1.54, 1.807) is 0 Å². The van der Waals surface area contributed by atoms with Crippen molar-refractivity contribution in [2.24, 2.45) is 17.8 Å². The molecule has 0 radical (unpaired) electrons. The second-order valence-electron chi connectivity index (χ2n) is 8.82. The van der Waals surface area contributed by atoms with Gasteiger partial charge in [-0.1, -0.05) is 57.5 Å². The number of ether oxygens (including phenoxy) is 2. The summed E-state index contributed by atoms with van der Waals surface area (Å²) in [5.41, 5.74) is 0.350. The highest BCUT2D eigenvalue weighted by atomic mass is 16.6. The van der Waals surface area contributed by atoms with Gasteiger partial charge in [-0.25, -0.2) is 4.79 Å². The van der Waals surface area contributed by atoms with E-state index in [-0.39, 0.29) is 12.1 Å². The Morgan fingerprint density at radius 3 is 2.32 bits per heavy atom. The van der Waals surface area contributed by atoms with Gasteiger partial charge in [0, 0.05) is 0 Å². The number of hydrogen-bond donors (Lipinski definition) is 0. The molecular weight excluding hydrogens is 312 g/mol. The Morgan fingerprint density at radius 1 is 1.12 bits per heavy atom.